The molecule has 0 amide bonds. The first kappa shape index (κ1) is 13.6. The molecule has 0 heterocycles. The average molecular weight is 360 g/mol. The van der Waals surface area contributed by atoms with Crippen molar-refractivity contribution < 1.29 is 0 Å². The van der Waals surface area contributed by atoms with Gasteiger partial charge in [0.1, 0.15) is 0 Å². The van der Waals surface area contributed by atoms with E-state index in [1.807, 2.05) is 0 Å². The van der Waals surface area contributed by atoms with Crippen molar-refractivity contribution in [3.8, 4) is 0 Å². The van der Waals surface area contributed by atoms with Gasteiger partial charge >= 0.3 is 0 Å². The summed E-state index contributed by atoms with van der Waals surface area (Å²) < 4.78 is 2.43. The van der Waals surface area contributed by atoms with Crippen molar-refractivity contribution >= 4 is 31.9 Å². The number of hydrogen-bond donors (Lipinski definition) is 0. The van der Waals surface area contributed by atoms with Gasteiger partial charge in [0.2, 0.25) is 0 Å². The van der Waals surface area contributed by atoms with Crippen LogP contribution in [0.15, 0.2) is 15.0 Å². The third kappa shape index (κ3) is 2.12. The number of hydrogen-bond acceptors (Lipinski definition) is 0. The highest BCUT2D eigenvalue weighted by molar-refractivity contribution is 9.13. The lowest BCUT2D eigenvalue weighted by Gasteiger charge is -2.43. The molecule has 0 saturated heterocycles. The van der Waals surface area contributed by atoms with E-state index in [0.29, 0.717) is 0 Å². The van der Waals surface area contributed by atoms with E-state index >= 15 is 0 Å². The summed E-state index contributed by atoms with van der Waals surface area (Å²) in [5, 5.41) is 0. The Labute approximate surface area is 121 Å². The lowest BCUT2D eigenvalue weighted by Crippen LogP contribution is -2.35. The normalized spacial score (nSPS) is 21.1. The van der Waals surface area contributed by atoms with Gasteiger partial charge in [-0.3, -0.25) is 0 Å². The molecule has 1 aromatic rings. The third-order valence-corrected chi connectivity index (χ3v) is 6.13. The maximum absolute atomic E-state index is 3.78. The average Bonchev–Trinajstić information content (AvgIpc) is 2.18. The molecule has 1 aliphatic rings. The number of aryl methyl sites for hydroxylation is 1. The molecule has 2 heteroatoms. The van der Waals surface area contributed by atoms with E-state index in [2.05, 4.69) is 72.5 Å². The summed E-state index contributed by atoms with van der Waals surface area (Å²) in [4.78, 5) is 0. The van der Waals surface area contributed by atoms with Crippen LogP contribution in [-0.2, 0) is 10.8 Å². The quantitative estimate of drug-likeness (QED) is 0.543. The zero-order chi connectivity index (χ0) is 13.0. The fraction of sp³-hybridized carbons (Fsp3) is 0.600. The lowest BCUT2D eigenvalue weighted by molar-refractivity contribution is 0.329. The molecule has 0 fully saturated rings. The molecule has 0 aromatic heterocycles. The van der Waals surface area contributed by atoms with E-state index in [1.165, 1.54) is 32.9 Å². The minimum absolute atomic E-state index is 0.262. The molecule has 1 aromatic carbocycles. The Morgan fingerprint density at radius 3 is 1.94 bits per heavy atom. The molecular weight excluding hydrogens is 340 g/mol. The van der Waals surface area contributed by atoms with E-state index in [1.54, 1.807) is 5.56 Å². The highest BCUT2D eigenvalue weighted by Gasteiger charge is 2.39. The van der Waals surface area contributed by atoms with Crippen molar-refractivity contribution in [3.05, 3.63) is 31.7 Å². The molecule has 0 aliphatic heterocycles. The lowest BCUT2D eigenvalue weighted by atomic mass is 9.62. The monoisotopic (exact) mass is 358 g/mol. The number of benzene rings is 1. The van der Waals surface area contributed by atoms with Gasteiger partial charge in [-0.25, -0.2) is 0 Å². The summed E-state index contributed by atoms with van der Waals surface area (Å²) in [5.41, 5.74) is 5.01. The Kier molecular flexibility index (Phi) is 3.28. The molecule has 0 bridgehead atoms. The van der Waals surface area contributed by atoms with Gasteiger partial charge in [0.25, 0.3) is 0 Å². The third-order valence-electron chi connectivity index (χ3n) is 4.15. The molecule has 1 aliphatic carbocycles. The highest BCUT2D eigenvalue weighted by Crippen LogP contribution is 2.51. The molecule has 17 heavy (non-hydrogen) atoms. The Bertz CT molecular complexity index is 470. The van der Waals surface area contributed by atoms with Crippen LogP contribution >= 0.6 is 31.9 Å². The fourth-order valence-electron chi connectivity index (χ4n) is 3.13. The highest BCUT2D eigenvalue weighted by atomic mass is 79.9. The number of halogens is 2. The van der Waals surface area contributed by atoms with Gasteiger partial charge in [-0.1, -0.05) is 27.7 Å². The van der Waals surface area contributed by atoms with E-state index in [4.69, 9.17) is 0 Å². The number of rotatable bonds is 0. The first-order valence-electron chi connectivity index (χ1n) is 6.16. The van der Waals surface area contributed by atoms with Crippen LogP contribution in [-0.4, -0.2) is 0 Å². The molecule has 0 nitrogen and oxygen atoms in total. The molecule has 0 N–H and O–H groups in total. The topological polar surface area (TPSA) is 0 Å². The summed E-state index contributed by atoms with van der Waals surface area (Å²) in [6.07, 6.45) is 2.52. The van der Waals surface area contributed by atoms with E-state index < -0.39 is 0 Å². The molecule has 0 atom stereocenters. The van der Waals surface area contributed by atoms with Gasteiger partial charge in [-0.05, 0) is 85.2 Å². The Morgan fingerprint density at radius 1 is 0.941 bits per heavy atom. The predicted octanol–water partition coefficient (Wildman–Crippen LogP) is 5.87. The van der Waals surface area contributed by atoms with Crippen LogP contribution in [0.5, 0.6) is 0 Å². The Morgan fingerprint density at radius 2 is 1.41 bits per heavy atom. The van der Waals surface area contributed by atoms with Crippen LogP contribution in [0.1, 0.15) is 57.2 Å². The second-order valence-electron chi connectivity index (χ2n) is 6.51. The molecule has 0 radical (unpaired) electrons. The van der Waals surface area contributed by atoms with Crippen molar-refractivity contribution in [2.45, 2.75) is 58.3 Å². The van der Waals surface area contributed by atoms with Gasteiger partial charge in [0, 0.05) is 8.95 Å². The van der Waals surface area contributed by atoms with Gasteiger partial charge in [-0.2, -0.15) is 0 Å². The van der Waals surface area contributed by atoms with Crippen LogP contribution < -0.4 is 0 Å². The molecule has 0 saturated carbocycles. The largest absolute Gasteiger partial charge is 0.0558 e. The molecule has 0 spiro atoms. The second kappa shape index (κ2) is 4.09. The van der Waals surface area contributed by atoms with Crippen LogP contribution in [0.2, 0.25) is 0 Å². The van der Waals surface area contributed by atoms with Gasteiger partial charge in [0.15, 0.2) is 0 Å². The van der Waals surface area contributed by atoms with Gasteiger partial charge in [-0.15, -0.1) is 0 Å². The predicted molar refractivity (Wildman–Crippen MR) is 81.9 cm³/mol. The van der Waals surface area contributed by atoms with Crippen molar-refractivity contribution in [2.75, 3.05) is 0 Å². The number of fused-ring (bicyclic) bond motifs is 1. The maximum atomic E-state index is 3.78. The molecular formula is C15H20Br2. The van der Waals surface area contributed by atoms with Crippen LogP contribution in [0, 0.1) is 6.92 Å². The van der Waals surface area contributed by atoms with Crippen LogP contribution in [0.3, 0.4) is 0 Å². The summed E-state index contributed by atoms with van der Waals surface area (Å²) >= 11 is 7.45. The van der Waals surface area contributed by atoms with E-state index in [0.717, 1.165) is 0 Å². The van der Waals surface area contributed by atoms with E-state index in [-0.39, 0.29) is 10.8 Å². The van der Waals surface area contributed by atoms with Gasteiger partial charge in [0.05, 0.1) is 0 Å². The van der Waals surface area contributed by atoms with Crippen LogP contribution in [0.4, 0.5) is 0 Å². The first-order chi connectivity index (χ1) is 7.67. The zero-order valence-electron chi connectivity index (χ0n) is 11.2. The van der Waals surface area contributed by atoms with Crippen molar-refractivity contribution in [2.24, 2.45) is 0 Å². The van der Waals surface area contributed by atoms with E-state index in [9.17, 15) is 0 Å². The standard InChI is InChI=1S/C15H20Br2/c1-9-8-10(16)13(17)12-11(9)14(2,3)6-7-15(12,4)5/h8H,6-7H2,1-5H3. The maximum Gasteiger partial charge on any atom is 0.0358 e. The Hall–Kier alpha value is 0.180. The van der Waals surface area contributed by atoms with Gasteiger partial charge < -0.3 is 0 Å². The SMILES string of the molecule is Cc1cc(Br)c(Br)c2c1C(C)(C)CCC2(C)C. The molecule has 0 unspecified atom stereocenters. The minimum Gasteiger partial charge on any atom is -0.0558 e. The molecule has 94 valence electrons. The fourth-order valence-corrected chi connectivity index (χ4v) is 4.53. The smallest absolute Gasteiger partial charge is 0.0358 e. The summed E-state index contributed by atoms with van der Waals surface area (Å²) in [7, 11) is 0. The first-order valence-corrected chi connectivity index (χ1v) is 7.75. The molecule has 2 rings (SSSR count). The minimum atomic E-state index is 0.262. The zero-order valence-corrected chi connectivity index (χ0v) is 14.4. The van der Waals surface area contributed by atoms with Crippen molar-refractivity contribution in [3.63, 3.8) is 0 Å². The summed E-state index contributed by atoms with van der Waals surface area (Å²) in [6.45, 7) is 11.7. The Balaban J connectivity index is 2.85. The summed E-state index contributed by atoms with van der Waals surface area (Å²) in [6, 6.07) is 2.24. The van der Waals surface area contributed by atoms with Crippen molar-refractivity contribution in [1.82, 2.24) is 0 Å². The summed E-state index contributed by atoms with van der Waals surface area (Å²) in [5.74, 6) is 0. The van der Waals surface area contributed by atoms with Crippen molar-refractivity contribution in [1.29, 1.82) is 0 Å². The second-order valence-corrected chi connectivity index (χ2v) is 8.15. The van der Waals surface area contributed by atoms with Crippen LogP contribution in [0.25, 0.3) is 0 Å².